The Balaban J connectivity index is 2.33. The van der Waals surface area contributed by atoms with Crippen LogP contribution in [-0.4, -0.2) is 42.5 Å². The van der Waals surface area contributed by atoms with Crippen molar-refractivity contribution in [1.82, 2.24) is 9.61 Å². The number of carbonyl (C=O) groups is 1. The monoisotopic (exact) mass is 341 g/mol. The van der Waals surface area contributed by atoms with Crippen LogP contribution in [0.3, 0.4) is 0 Å². The summed E-state index contributed by atoms with van der Waals surface area (Å²) in [5.74, 6) is -0.368. The maximum atomic E-state index is 11.8. The van der Waals surface area contributed by atoms with E-state index in [0.29, 0.717) is 30.8 Å². The van der Waals surface area contributed by atoms with Gasteiger partial charge in [-0.25, -0.2) is 9.31 Å². The van der Waals surface area contributed by atoms with Crippen molar-refractivity contribution in [2.24, 2.45) is 0 Å². The fourth-order valence-corrected chi connectivity index (χ4v) is 2.24. The third kappa shape index (κ3) is 3.10. The van der Waals surface area contributed by atoms with Crippen molar-refractivity contribution >= 4 is 33.1 Å². The molecular weight excluding hydrogens is 326 g/mol. The Kier molecular flexibility index (Phi) is 4.97. The lowest BCUT2D eigenvalue weighted by Crippen LogP contribution is -2.09. The van der Waals surface area contributed by atoms with E-state index >= 15 is 0 Å². The summed E-state index contributed by atoms with van der Waals surface area (Å²) in [4.78, 5) is 11.8. The van der Waals surface area contributed by atoms with Gasteiger partial charge in [0.1, 0.15) is 5.56 Å². The highest BCUT2D eigenvalue weighted by atomic mass is 79.9. The fourth-order valence-electron chi connectivity index (χ4n) is 1.79. The largest absolute Gasteiger partial charge is 0.462 e. The van der Waals surface area contributed by atoms with Gasteiger partial charge in [-0.2, -0.15) is 5.10 Å². The van der Waals surface area contributed by atoms with Gasteiger partial charge in [-0.3, -0.25) is 0 Å². The van der Waals surface area contributed by atoms with E-state index in [4.69, 9.17) is 9.47 Å². The number of anilines is 1. The molecule has 0 atom stereocenters. The zero-order chi connectivity index (χ0) is 14.5. The molecule has 0 aromatic carbocycles. The smallest absolute Gasteiger partial charge is 0.341 e. The molecule has 6 nitrogen and oxygen atoms in total. The standard InChI is InChI=1S/C13H16BrN3O3/c1-3-20-13(18)9-7-16-17-8-10(14)11(6-12(9)17)15-4-5-19-2/h6-8,15H,3-5H2,1-2H3. The van der Waals surface area contributed by atoms with Crippen molar-refractivity contribution in [1.29, 1.82) is 0 Å². The normalized spacial score (nSPS) is 10.8. The summed E-state index contributed by atoms with van der Waals surface area (Å²) < 4.78 is 12.5. The quantitative estimate of drug-likeness (QED) is 0.645. The number of nitrogens with zero attached hydrogens (tertiary/aromatic N) is 2. The molecule has 0 saturated carbocycles. The zero-order valence-corrected chi connectivity index (χ0v) is 12.9. The first kappa shape index (κ1) is 14.8. The summed E-state index contributed by atoms with van der Waals surface area (Å²) in [6, 6.07) is 1.86. The molecule has 0 aliphatic rings. The number of aromatic nitrogens is 2. The van der Waals surface area contributed by atoms with Crippen molar-refractivity contribution < 1.29 is 14.3 Å². The van der Waals surface area contributed by atoms with E-state index in [1.807, 2.05) is 6.07 Å². The van der Waals surface area contributed by atoms with E-state index < -0.39 is 0 Å². The number of fused-ring (bicyclic) bond motifs is 1. The first-order valence-corrected chi connectivity index (χ1v) is 7.03. The van der Waals surface area contributed by atoms with Crippen molar-refractivity contribution in [3.8, 4) is 0 Å². The van der Waals surface area contributed by atoms with Crippen molar-refractivity contribution in [2.45, 2.75) is 6.92 Å². The number of methoxy groups -OCH3 is 1. The molecule has 2 heterocycles. The van der Waals surface area contributed by atoms with Crippen LogP contribution < -0.4 is 5.32 Å². The summed E-state index contributed by atoms with van der Waals surface area (Å²) in [6.45, 7) is 3.39. The number of rotatable bonds is 6. The minimum absolute atomic E-state index is 0.339. The number of esters is 1. The number of ether oxygens (including phenoxy) is 2. The summed E-state index contributed by atoms with van der Waals surface area (Å²) in [5.41, 5.74) is 2.03. The second-order valence-electron chi connectivity index (χ2n) is 4.06. The van der Waals surface area contributed by atoms with E-state index in [9.17, 15) is 4.79 Å². The molecule has 0 bridgehead atoms. The summed E-state index contributed by atoms with van der Waals surface area (Å²) in [5, 5.41) is 7.38. The van der Waals surface area contributed by atoms with Gasteiger partial charge in [-0.15, -0.1) is 0 Å². The van der Waals surface area contributed by atoms with E-state index in [0.717, 1.165) is 10.2 Å². The first-order valence-electron chi connectivity index (χ1n) is 6.24. The molecule has 0 unspecified atom stereocenters. The fraction of sp³-hybridized carbons (Fsp3) is 0.385. The van der Waals surface area contributed by atoms with Crippen LogP contribution >= 0.6 is 15.9 Å². The SMILES string of the molecule is CCOC(=O)c1cnn2cc(Br)c(NCCOC)cc12. The predicted octanol–water partition coefficient (Wildman–Crippen LogP) is 2.33. The highest BCUT2D eigenvalue weighted by molar-refractivity contribution is 9.10. The first-order chi connectivity index (χ1) is 9.67. The number of hydrogen-bond acceptors (Lipinski definition) is 5. The van der Waals surface area contributed by atoms with Gasteiger partial charge in [-0.1, -0.05) is 0 Å². The van der Waals surface area contributed by atoms with Crippen molar-refractivity contribution in [3.63, 3.8) is 0 Å². The van der Waals surface area contributed by atoms with Crippen LogP contribution in [0, 0.1) is 0 Å². The van der Waals surface area contributed by atoms with Gasteiger partial charge in [0.05, 0.1) is 35.1 Å². The molecule has 0 spiro atoms. The number of pyridine rings is 1. The van der Waals surface area contributed by atoms with Crippen LogP contribution in [-0.2, 0) is 9.47 Å². The summed E-state index contributed by atoms with van der Waals surface area (Å²) in [7, 11) is 1.65. The van der Waals surface area contributed by atoms with Gasteiger partial charge in [0.25, 0.3) is 0 Å². The van der Waals surface area contributed by atoms with Crippen LogP contribution in [0.4, 0.5) is 5.69 Å². The van der Waals surface area contributed by atoms with Crippen LogP contribution in [0.1, 0.15) is 17.3 Å². The van der Waals surface area contributed by atoms with Crippen LogP contribution in [0.5, 0.6) is 0 Å². The van der Waals surface area contributed by atoms with E-state index in [1.54, 1.807) is 24.7 Å². The minimum Gasteiger partial charge on any atom is -0.462 e. The zero-order valence-electron chi connectivity index (χ0n) is 11.4. The molecule has 0 saturated heterocycles. The Bertz CT molecular complexity index is 612. The predicted molar refractivity (Wildman–Crippen MR) is 79.2 cm³/mol. The molecule has 0 fully saturated rings. The van der Waals surface area contributed by atoms with E-state index in [1.165, 1.54) is 6.20 Å². The molecule has 0 amide bonds. The van der Waals surface area contributed by atoms with Gasteiger partial charge >= 0.3 is 5.97 Å². The molecule has 20 heavy (non-hydrogen) atoms. The Morgan fingerprint density at radius 2 is 2.35 bits per heavy atom. The number of nitrogens with one attached hydrogen (secondary N) is 1. The van der Waals surface area contributed by atoms with Gasteiger partial charge < -0.3 is 14.8 Å². The van der Waals surface area contributed by atoms with E-state index in [-0.39, 0.29) is 5.97 Å². The van der Waals surface area contributed by atoms with Gasteiger partial charge in [0, 0.05) is 19.9 Å². The Labute approximate surface area is 125 Å². The highest BCUT2D eigenvalue weighted by Crippen LogP contribution is 2.25. The third-order valence-electron chi connectivity index (χ3n) is 2.72. The average molecular weight is 342 g/mol. The summed E-state index contributed by atoms with van der Waals surface area (Å²) in [6.07, 6.45) is 3.31. The molecule has 2 aromatic heterocycles. The molecule has 0 radical (unpaired) electrons. The second-order valence-corrected chi connectivity index (χ2v) is 4.92. The number of carbonyl (C=O) groups excluding carboxylic acids is 1. The molecule has 2 rings (SSSR count). The lowest BCUT2D eigenvalue weighted by Gasteiger charge is -2.09. The maximum Gasteiger partial charge on any atom is 0.341 e. The second kappa shape index (κ2) is 6.71. The third-order valence-corrected chi connectivity index (χ3v) is 3.36. The lowest BCUT2D eigenvalue weighted by molar-refractivity contribution is 0.0528. The highest BCUT2D eigenvalue weighted by Gasteiger charge is 2.15. The van der Waals surface area contributed by atoms with Crippen LogP contribution in [0.25, 0.3) is 5.52 Å². The lowest BCUT2D eigenvalue weighted by atomic mass is 10.2. The molecule has 108 valence electrons. The van der Waals surface area contributed by atoms with Gasteiger partial charge in [0.2, 0.25) is 0 Å². The maximum absolute atomic E-state index is 11.8. The van der Waals surface area contributed by atoms with Crippen LogP contribution in [0.15, 0.2) is 22.9 Å². The Morgan fingerprint density at radius 1 is 1.55 bits per heavy atom. The molecule has 7 heteroatoms. The molecule has 2 aromatic rings. The molecular formula is C13H16BrN3O3. The Morgan fingerprint density at radius 3 is 3.05 bits per heavy atom. The summed E-state index contributed by atoms with van der Waals surface area (Å²) >= 11 is 3.47. The number of halogens is 1. The van der Waals surface area contributed by atoms with Crippen molar-refractivity contribution in [3.05, 3.63) is 28.5 Å². The molecule has 0 aliphatic carbocycles. The van der Waals surface area contributed by atoms with Crippen LogP contribution in [0.2, 0.25) is 0 Å². The minimum atomic E-state index is -0.368. The topological polar surface area (TPSA) is 64.9 Å². The molecule has 1 N–H and O–H groups in total. The number of hydrogen-bond donors (Lipinski definition) is 1. The molecule has 0 aliphatic heterocycles. The Hall–Kier alpha value is -1.60. The van der Waals surface area contributed by atoms with Crippen molar-refractivity contribution in [2.75, 3.05) is 32.2 Å². The average Bonchev–Trinajstić information content (AvgIpc) is 2.82. The van der Waals surface area contributed by atoms with Gasteiger partial charge in [0.15, 0.2) is 0 Å². The van der Waals surface area contributed by atoms with Gasteiger partial charge in [-0.05, 0) is 28.9 Å². The van der Waals surface area contributed by atoms with E-state index in [2.05, 4.69) is 26.3 Å².